The molecule has 0 aliphatic rings. The molecule has 0 saturated heterocycles. The van der Waals surface area contributed by atoms with Gasteiger partial charge in [0.25, 0.3) is 0 Å². The van der Waals surface area contributed by atoms with Crippen molar-refractivity contribution >= 4 is 5.97 Å². The maximum Gasteiger partial charge on any atom is 0.337 e. The fraction of sp³-hybridized carbons (Fsp3) is 0.979. The van der Waals surface area contributed by atoms with Crippen LogP contribution >= 0.6 is 0 Å². The van der Waals surface area contributed by atoms with Crippen LogP contribution in [0.5, 0.6) is 0 Å². The molecule has 0 aliphatic carbocycles. The lowest BCUT2D eigenvalue weighted by Crippen LogP contribution is -2.32. The molecule has 0 aromatic carbocycles. The highest BCUT2D eigenvalue weighted by molar-refractivity contribution is 5.74. The Morgan fingerprint density at radius 1 is 0.327 bits per heavy atom. The first-order valence-corrected chi connectivity index (χ1v) is 24.1. The van der Waals surface area contributed by atoms with Gasteiger partial charge in [-0.1, -0.05) is 252 Å². The topological polar surface area (TPSA) is 44.8 Å². The van der Waals surface area contributed by atoms with Crippen molar-refractivity contribution in [3.8, 4) is 0 Å². The van der Waals surface area contributed by atoms with Crippen molar-refractivity contribution in [3.05, 3.63) is 0 Å². The third-order valence-corrected chi connectivity index (χ3v) is 11.0. The summed E-state index contributed by atoms with van der Waals surface area (Å²) in [6.45, 7) is 9.03. The first kappa shape index (κ1) is 51.4. The smallest absolute Gasteiger partial charge is 0.337 e. The fourth-order valence-corrected chi connectivity index (χ4v) is 7.33. The van der Waals surface area contributed by atoms with Crippen LogP contribution in [0.15, 0.2) is 0 Å². The van der Waals surface area contributed by atoms with Crippen molar-refractivity contribution in [1.29, 1.82) is 0 Å². The summed E-state index contributed by atoms with van der Waals surface area (Å²) in [6, 6.07) is 0. The molecule has 0 N–H and O–H groups in total. The van der Waals surface area contributed by atoms with E-state index in [1.54, 1.807) is 0 Å². The zero-order valence-corrected chi connectivity index (χ0v) is 36.1. The van der Waals surface area contributed by atoms with E-state index in [0.29, 0.717) is 26.4 Å². The van der Waals surface area contributed by atoms with E-state index < -0.39 is 6.10 Å². The van der Waals surface area contributed by atoms with Gasteiger partial charge >= 0.3 is 5.97 Å². The fourth-order valence-electron chi connectivity index (χ4n) is 7.33. The Labute approximate surface area is 327 Å². The van der Waals surface area contributed by atoms with E-state index in [1.807, 2.05) is 0 Å². The Morgan fingerprint density at radius 2 is 0.577 bits per heavy atom. The summed E-state index contributed by atoms with van der Waals surface area (Å²) in [5, 5.41) is 0. The molecule has 0 aromatic rings. The summed E-state index contributed by atoms with van der Waals surface area (Å²) in [6.07, 6.45) is 51.4. The van der Waals surface area contributed by atoms with Crippen LogP contribution in [0.3, 0.4) is 0 Å². The molecule has 0 radical (unpaired) electrons. The average molecular weight is 737 g/mol. The van der Waals surface area contributed by atoms with Gasteiger partial charge in [-0.2, -0.15) is 0 Å². The zero-order chi connectivity index (χ0) is 37.7. The van der Waals surface area contributed by atoms with Crippen LogP contribution in [-0.2, 0) is 19.0 Å². The van der Waals surface area contributed by atoms with Gasteiger partial charge in [-0.05, 0) is 19.3 Å². The number of ether oxygens (including phenoxy) is 3. The molecule has 0 bridgehead atoms. The summed E-state index contributed by atoms with van der Waals surface area (Å²) in [5.41, 5.74) is 0. The quantitative estimate of drug-likeness (QED) is 0.0461. The minimum atomic E-state index is -0.582. The van der Waals surface area contributed by atoms with Gasteiger partial charge in [-0.25, -0.2) is 4.79 Å². The molecule has 0 aromatic heterocycles. The van der Waals surface area contributed by atoms with E-state index >= 15 is 0 Å². The van der Waals surface area contributed by atoms with Gasteiger partial charge in [0, 0.05) is 13.2 Å². The molecule has 0 heterocycles. The molecule has 0 saturated carbocycles. The Balaban J connectivity index is 4.06. The highest BCUT2D eigenvalue weighted by Gasteiger charge is 2.21. The number of rotatable bonds is 46. The molecule has 0 rings (SSSR count). The van der Waals surface area contributed by atoms with E-state index in [2.05, 4.69) is 20.8 Å². The lowest BCUT2D eigenvalue weighted by Gasteiger charge is -2.17. The van der Waals surface area contributed by atoms with Crippen molar-refractivity contribution in [2.24, 2.45) is 0 Å². The molecular weight excluding hydrogens is 641 g/mol. The summed E-state index contributed by atoms with van der Waals surface area (Å²) < 4.78 is 17.8. The van der Waals surface area contributed by atoms with Gasteiger partial charge in [0.15, 0.2) is 6.10 Å². The average Bonchev–Trinajstić information content (AvgIpc) is 3.15. The SMILES string of the molecule is CCCCCCCCCCCCCCCCOCC(OCCCCCCCCCCCCCCCC)C(=O)OCCCCCCCCCCCCC. The zero-order valence-electron chi connectivity index (χ0n) is 36.1. The van der Waals surface area contributed by atoms with Gasteiger partial charge in [0.05, 0.1) is 13.2 Å². The molecule has 312 valence electrons. The predicted octanol–water partition coefficient (Wildman–Crippen LogP) is 16.2. The molecular formula is C48H96O4. The van der Waals surface area contributed by atoms with Crippen molar-refractivity contribution < 1.29 is 19.0 Å². The molecule has 4 heteroatoms. The van der Waals surface area contributed by atoms with Crippen molar-refractivity contribution in [1.82, 2.24) is 0 Å². The Kier molecular flexibility index (Phi) is 46.0. The molecule has 4 nitrogen and oxygen atoms in total. The normalized spacial score (nSPS) is 12.1. The van der Waals surface area contributed by atoms with E-state index in [-0.39, 0.29) is 5.97 Å². The van der Waals surface area contributed by atoms with E-state index in [1.165, 1.54) is 225 Å². The molecule has 0 amide bonds. The highest BCUT2D eigenvalue weighted by Crippen LogP contribution is 2.16. The van der Waals surface area contributed by atoms with Crippen LogP contribution in [0.2, 0.25) is 0 Å². The number of esters is 1. The number of carbonyl (C=O) groups is 1. The van der Waals surface area contributed by atoms with E-state index in [0.717, 1.165) is 25.7 Å². The van der Waals surface area contributed by atoms with Gasteiger partial charge < -0.3 is 14.2 Å². The molecule has 1 atom stereocenters. The van der Waals surface area contributed by atoms with Crippen LogP contribution in [0.4, 0.5) is 0 Å². The predicted molar refractivity (Wildman–Crippen MR) is 229 cm³/mol. The highest BCUT2D eigenvalue weighted by atomic mass is 16.6. The van der Waals surface area contributed by atoms with Crippen LogP contribution in [-0.4, -0.2) is 38.5 Å². The standard InChI is InChI=1S/C48H96O4/c1-4-7-10-13-16-19-22-24-26-29-31-34-37-40-43-50-46-47(48(49)52-45-42-39-36-33-28-21-18-15-12-9-6-3)51-44-41-38-35-32-30-27-25-23-20-17-14-11-8-5-2/h47H,4-46H2,1-3H3. The van der Waals surface area contributed by atoms with Crippen molar-refractivity contribution in [3.63, 3.8) is 0 Å². The number of unbranched alkanes of at least 4 members (excludes halogenated alkanes) is 36. The van der Waals surface area contributed by atoms with Gasteiger partial charge in [-0.3, -0.25) is 0 Å². The second-order valence-corrected chi connectivity index (χ2v) is 16.3. The minimum Gasteiger partial charge on any atom is -0.464 e. The summed E-state index contributed by atoms with van der Waals surface area (Å²) in [7, 11) is 0. The van der Waals surface area contributed by atoms with Crippen LogP contribution in [0, 0.1) is 0 Å². The van der Waals surface area contributed by atoms with Crippen LogP contribution in [0.25, 0.3) is 0 Å². The van der Waals surface area contributed by atoms with Gasteiger partial charge in [-0.15, -0.1) is 0 Å². The van der Waals surface area contributed by atoms with Crippen molar-refractivity contribution in [2.75, 3.05) is 26.4 Å². The third kappa shape index (κ3) is 42.1. The molecule has 52 heavy (non-hydrogen) atoms. The molecule has 1 unspecified atom stereocenters. The monoisotopic (exact) mass is 737 g/mol. The van der Waals surface area contributed by atoms with Gasteiger partial charge in [0.1, 0.15) is 0 Å². The van der Waals surface area contributed by atoms with E-state index in [4.69, 9.17) is 14.2 Å². The number of carbonyl (C=O) groups excluding carboxylic acids is 1. The summed E-state index contributed by atoms with van der Waals surface area (Å²) >= 11 is 0. The van der Waals surface area contributed by atoms with Crippen LogP contribution < -0.4 is 0 Å². The lowest BCUT2D eigenvalue weighted by atomic mass is 10.0. The minimum absolute atomic E-state index is 0.224. The number of hydrogen-bond donors (Lipinski definition) is 0. The molecule has 0 spiro atoms. The summed E-state index contributed by atoms with van der Waals surface area (Å²) in [5.74, 6) is -0.224. The second kappa shape index (κ2) is 46.5. The van der Waals surface area contributed by atoms with Crippen molar-refractivity contribution in [2.45, 2.75) is 277 Å². The first-order chi connectivity index (χ1) is 25.8. The number of hydrogen-bond acceptors (Lipinski definition) is 4. The first-order valence-electron chi connectivity index (χ1n) is 24.1. The summed E-state index contributed by atoms with van der Waals surface area (Å²) in [4.78, 5) is 13.0. The van der Waals surface area contributed by atoms with E-state index in [9.17, 15) is 4.79 Å². The Hall–Kier alpha value is -0.610. The molecule has 0 aliphatic heterocycles. The molecule has 0 fully saturated rings. The largest absolute Gasteiger partial charge is 0.464 e. The Bertz CT molecular complexity index is 652. The third-order valence-electron chi connectivity index (χ3n) is 11.0. The second-order valence-electron chi connectivity index (χ2n) is 16.3. The lowest BCUT2D eigenvalue weighted by molar-refractivity contribution is -0.161. The maximum absolute atomic E-state index is 13.0. The Morgan fingerprint density at radius 3 is 0.885 bits per heavy atom. The maximum atomic E-state index is 13.0. The van der Waals surface area contributed by atoms with Crippen LogP contribution in [0.1, 0.15) is 271 Å². The van der Waals surface area contributed by atoms with Gasteiger partial charge in [0.2, 0.25) is 0 Å².